The average molecular weight is 384 g/mol. The first-order valence-electron chi connectivity index (χ1n) is 9.41. The van der Waals surface area contributed by atoms with Crippen molar-refractivity contribution in [3.8, 4) is 0 Å². The lowest BCUT2D eigenvalue weighted by Gasteiger charge is -2.27. The molecule has 0 fully saturated rings. The molecule has 5 heteroatoms. The number of fused-ring (bicyclic) bond motifs is 1. The number of nitrogens with one attached hydrogen (secondary N) is 1. The molecule has 5 nitrogen and oxygen atoms in total. The van der Waals surface area contributed by atoms with E-state index < -0.39 is 0 Å². The Balaban J connectivity index is 1.56. The standard InChI is InChI=1S/C24H20N2O3/c1-16-6-5-9-19(12-16)24(29)26-15-20-13-21(11-10-18(20)14-22(26)27)25-23(28)17-7-3-2-4-8-17/h2-13H,14-15H2,1H3,(H,25,28). The number of carbonyl (C=O) groups is 3. The van der Waals surface area contributed by atoms with Gasteiger partial charge in [-0.05, 0) is 54.4 Å². The minimum absolute atomic E-state index is 0.166. The van der Waals surface area contributed by atoms with Crippen molar-refractivity contribution in [2.24, 2.45) is 0 Å². The summed E-state index contributed by atoms with van der Waals surface area (Å²) in [7, 11) is 0. The van der Waals surface area contributed by atoms with E-state index >= 15 is 0 Å². The van der Waals surface area contributed by atoms with Crippen molar-refractivity contribution in [1.82, 2.24) is 4.90 Å². The molecule has 1 aliphatic heterocycles. The molecule has 4 rings (SSSR count). The second-order valence-electron chi connectivity index (χ2n) is 7.13. The van der Waals surface area contributed by atoms with E-state index in [4.69, 9.17) is 0 Å². The second-order valence-corrected chi connectivity index (χ2v) is 7.13. The molecular weight excluding hydrogens is 364 g/mol. The Kier molecular flexibility index (Phi) is 4.96. The molecule has 0 saturated carbocycles. The van der Waals surface area contributed by atoms with Gasteiger partial charge in [0.05, 0.1) is 13.0 Å². The summed E-state index contributed by atoms with van der Waals surface area (Å²) < 4.78 is 0. The summed E-state index contributed by atoms with van der Waals surface area (Å²) in [5.74, 6) is -0.724. The van der Waals surface area contributed by atoms with Gasteiger partial charge in [0, 0.05) is 16.8 Å². The number of hydrogen-bond acceptors (Lipinski definition) is 3. The van der Waals surface area contributed by atoms with Gasteiger partial charge in [0.25, 0.3) is 11.8 Å². The quantitative estimate of drug-likeness (QED) is 0.695. The zero-order valence-corrected chi connectivity index (χ0v) is 16.0. The molecule has 0 aliphatic carbocycles. The van der Waals surface area contributed by atoms with Crippen LogP contribution in [0, 0.1) is 6.92 Å². The Morgan fingerprint density at radius 1 is 0.862 bits per heavy atom. The van der Waals surface area contributed by atoms with Gasteiger partial charge in [-0.3, -0.25) is 19.3 Å². The highest BCUT2D eigenvalue weighted by atomic mass is 16.2. The molecule has 1 heterocycles. The van der Waals surface area contributed by atoms with Crippen LogP contribution in [0.2, 0.25) is 0 Å². The predicted molar refractivity (Wildman–Crippen MR) is 111 cm³/mol. The van der Waals surface area contributed by atoms with Crippen molar-refractivity contribution in [3.63, 3.8) is 0 Å². The summed E-state index contributed by atoms with van der Waals surface area (Å²) in [6.45, 7) is 2.10. The molecule has 1 aliphatic rings. The molecule has 29 heavy (non-hydrogen) atoms. The van der Waals surface area contributed by atoms with Gasteiger partial charge in [-0.15, -0.1) is 0 Å². The molecule has 144 valence electrons. The lowest BCUT2D eigenvalue weighted by Crippen LogP contribution is -2.40. The van der Waals surface area contributed by atoms with Gasteiger partial charge in [-0.1, -0.05) is 42.0 Å². The minimum Gasteiger partial charge on any atom is -0.322 e. The molecule has 0 atom stereocenters. The van der Waals surface area contributed by atoms with Crippen molar-refractivity contribution in [2.45, 2.75) is 19.9 Å². The number of carbonyl (C=O) groups excluding carboxylic acids is 3. The van der Waals surface area contributed by atoms with Crippen molar-refractivity contribution in [3.05, 3.63) is 101 Å². The maximum absolute atomic E-state index is 12.9. The van der Waals surface area contributed by atoms with Gasteiger partial charge >= 0.3 is 0 Å². The lowest BCUT2D eigenvalue weighted by molar-refractivity contribution is -0.129. The van der Waals surface area contributed by atoms with E-state index in [1.54, 1.807) is 30.3 Å². The Morgan fingerprint density at radius 2 is 1.62 bits per heavy atom. The third-order valence-electron chi connectivity index (χ3n) is 4.98. The number of aryl methyl sites for hydroxylation is 1. The zero-order chi connectivity index (χ0) is 20.4. The molecular formula is C24H20N2O3. The second kappa shape index (κ2) is 7.72. The van der Waals surface area contributed by atoms with Gasteiger partial charge in [-0.25, -0.2) is 0 Å². The van der Waals surface area contributed by atoms with Crippen LogP contribution in [0.4, 0.5) is 5.69 Å². The number of hydrogen-bond donors (Lipinski definition) is 1. The molecule has 0 saturated heterocycles. The predicted octanol–water partition coefficient (Wildman–Crippen LogP) is 3.97. The fourth-order valence-corrected chi connectivity index (χ4v) is 3.45. The third kappa shape index (κ3) is 3.94. The minimum atomic E-state index is -0.303. The summed E-state index contributed by atoms with van der Waals surface area (Å²) >= 11 is 0. The first-order valence-corrected chi connectivity index (χ1v) is 9.41. The van der Waals surface area contributed by atoms with Crippen LogP contribution in [0.1, 0.15) is 37.4 Å². The van der Waals surface area contributed by atoms with Crippen LogP contribution in [0.3, 0.4) is 0 Å². The van der Waals surface area contributed by atoms with Gasteiger partial charge in [-0.2, -0.15) is 0 Å². The normalized spacial score (nSPS) is 13.0. The van der Waals surface area contributed by atoms with E-state index in [1.165, 1.54) is 4.90 Å². The van der Waals surface area contributed by atoms with Gasteiger partial charge in [0.2, 0.25) is 5.91 Å². The summed E-state index contributed by atoms with van der Waals surface area (Å²) in [6.07, 6.45) is 0.166. The van der Waals surface area contributed by atoms with Crippen LogP contribution in [0.5, 0.6) is 0 Å². The van der Waals surface area contributed by atoms with Crippen molar-refractivity contribution < 1.29 is 14.4 Å². The molecule has 3 amide bonds. The van der Waals surface area contributed by atoms with Crippen molar-refractivity contribution in [1.29, 1.82) is 0 Å². The number of imide groups is 1. The Morgan fingerprint density at radius 3 is 2.38 bits per heavy atom. The highest BCUT2D eigenvalue weighted by Crippen LogP contribution is 2.25. The number of anilines is 1. The molecule has 0 aromatic heterocycles. The molecule has 0 spiro atoms. The number of nitrogens with zero attached hydrogens (tertiary/aromatic N) is 1. The summed E-state index contributed by atoms with van der Waals surface area (Å²) in [5.41, 5.74) is 4.39. The lowest BCUT2D eigenvalue weighted by atomic mass is 9.97. The molecule has 3 aromatic carbocycles. The monoisotopic (exact) mass is 384 g/mol. The molecule has 0 bridgehead atoms. The van der Waals surface area contributed by atoms with Crippen LogP contribution >= 0.6 is 0 Å². The maximum atomic E-state index is 12.9. The fraction of sp³-hybridized carbons (Fsp3) is 0.125. The maximum Gasteiger partial charge on any atom is 0.260 e. The number of benzene rings is 3. The highest BCUT2D eigenvalue weighted by molar-refractivity contribution is 6.06. The number of amides is 3. The molecule has 0 unspecified atom stereocenters. The fourth-order valence-electron chi connectivity index (χ4n) is 3.45. The van der Waals surface area contributed by atoms with E-state index in [0.29, 0.717) is 16.8 Å². The van der Waals surface area contributed by atoms with Crippen LogP contribution in [-0.2, 0) is 17.8 Å². The van der Waals surface area contributed by atoms with Crippen LogP contribution in [0.25, 0.3) is 0 Å². The smallest absolute Gasteiger partial charge is 0.260 e. The molecule has 3 aromatic rings. The van der Waals surface area contributed by atoms with Crippen LogP contribution < -0.4 is 5.32 Å². The van der Waals surface area contributed by atoms with Crippen LogP contribution in [0.15, 0.2) is 72.8 Å². The summed E-state index contributed by atoms with van der Waals surface area (Å²) in [5, 5.41) is 2.88. The van der Waals surface area contributed by atoms with Gasteiger partial charge in [0.1, 0.15) is 0 Å². The topological polar surface area (TPSA) is 66.5 Å². The van der Waals surface area contributed by atoms with E-state index in [9.17, 15) is 14.4 Å². The summed E-state index contributed by atoms with van der Waals surface area (Å²) in [6, 6.07) is 21.6. The first kappa shape index (κ1) is 18.6. The SMILES string of the molecule is Cc1cccc(C(=O)N2Cc3cc(NC(=O)c4ccccc4)ccc3CC2=O)c1. The van der Waals surface area contributed by atoms with Crippen molar-refractivity contribution in [2.75, 3.05) is 5.32 Å². The highest BCUT2D eigenvalue weighted by Gasteiger charge is 2.29. The average Bonchev–Trinajstić information content (AvgIpc) is 2.73. The van der Waals surface area contributed by atoms with E-state index in [2.05, 4.69) is 5.32 Å². The van der Waals surface area contributed by atoms with Gasteiger partial charge < -0.3 is 5.32 Å². The Hall–Kier alpha value is -3.73. The Bertz CT molecular complexity index is 1110. The molecule has 0 radical (unpaired) electrons. The number of rotatable bonds is 3. The van der Waals surface area contributed by atoms with E-state index in [0.717, 1.165) is 16.7 Å². The van der Waals surface area contributed by atoms with Gasteiger partial charge in [0.15, 0.2) is 0 Å². The van der Waals surface area contributed by atoms with E-state index in [-0.39, 0.29) is 30.7 Å². The zero-order valence-electron chi connectivity index (χ0n) is 16.0. The Labute approximate surface area is 169 Å². The first-order chi connectivity index (χ1) is 14.0. The van der Waals surface area contributed by atoms with E-state index in [1.807, 2.05) is 49.4 Å². The largest absolute Gasteiger partial charge is 0.322 e. The van der Waals surface area contributed by atoms with Crippen LogP contribution in [-0.4, -0.2) is 22.6 Å². The summed E-state index contributed by atoms with van der Waals surface area (Å²) in [4.78, 5) is 39.1. The third-order valence-corrected chi connectivity index (χ3v) is 4.98. The molecule has 1 N–H and O–H groups in total. The van der Waals surface area contributed by atoms with Crippen molar-refractivity contribution >= 4 is 23.4 Å².